The van der Waals surface area contributed by atoms with Gasteiger partial charge in [-0.3, -0.25) is 9.00 Å². The van der Waals surface area contributed by atoms with Gasteiger partial charge < -0.3 is 14.2 Å². The maximum absolute atomic E-state index is 14.3. The fourth-order valence-electron chi connectivity index (χ4n) is 4.98. The van der Waals surface area contributed by atoms with E-state index < -0.39 is 16.8 Å². The zero-order valence-electron chi connectivity index (χ0n) is 24.3. The molecule has 43 heavy (non-hydrogen) atoms. The van der Waals surface area contributed by atoms with Crippen LogP contribution in [-0.4, -0.2) is 30.7 Å². The van der Waals surface area contributed by atoms with Crippen LogP contribution in [0.2, 0.25) is 0 Å². The lowest BCUT2D eigenvalue weighted by atomic mass is 10.0. The van der Waals surface area contributed by atoms with Gasteiger partial charge in [-0.15, -0.1) is 0 Å². The van der Waals surface area contributed by atoms with Crippen molar-refractivity contribution in [3.63, 3.8) is 0 Å². The Morgan fingerprint density at radius 1 is 0.767 bits per heavy atom. The first-order chi connectivity index (χ1) is 20.7. The van der Waals surface area contributed by atoms with E-state index in [-0.39, 0.29) is 12.2 Å². The Kier molecular flexibility index (Phi) is 9.02. The molecule has 0 aliphatic heterocycles. The number of methoxy groups -OCH3 is 2. The minimum Gasteiger partial charge on any atom is -0.497 e. The van der Waals surface area contributed by atoms with Gasteiger partial charge in [-0.2, -0.15) is 0 Å². The minimum atomic E-state index is -1.06. The molecular formula is C36H31FO5S. The number of fused-ring (bicyclic) bond motifs is 1. The molecule has 0 saturated carbocycles. The molecule has 1 aliphatic carbocycles. The number of ether oxygens (including phenoxy) is 3. The molecule has 0 saturated heterocycles. The minimum absolute atomic E-state index is 0.00723. The van der Waals surface area contributed by atoms with Crippen molar-refractivity contribution in [1.29, 1.82) is 0 Å². The van der Waals surface area contributed by atoms with Crippen molar-refractivity contribution in [2.45, 2.75) is 18.2 Å². The Morgan fingerprint density at radius 2 is 1.40 bits per heavy atom. The second-order valence-electron chi connectivity index (χ2n) is 10.1. The van der Waals surface area contributed by atoms with Crippen LogP contribution in [0.3, 0.4) is 0 Å². The number of benzene rings is 4. The molecule has 7 heteroatoms. The smallest absolute Gasteiger partial charge is 0.315 e. The van der Waals surface area contributed by atoms with Crippen LogP contribution in [0, 0.1) is 5.82 Å². The lowest BCUT2D eigenvalue weighted by Gasteiger charge is -2.08. The van der Waals surface area contributed by atoms with E-state index in [0.29, 0.717) is 22.8 Å². The molecular weight excluding hydrogens is 563 g/mol. The van der Waals surface area contributed by atoms with E-state index >= 15 is 0 Å². The largest absolute Gasteiger partial charge is 0.497 e. The monoisotopic (exact) mass is 594 g/mol. The van der Waals surface area contributed by atoms with Gasteiger partial charge in [-0.05, 0) is 106 Å². The second-order valence-corrected chi connectivity index (χ2v) is 11.5. The number of halogens is 1. The molecule has 0 bridgehead atoms. The van der Waals surface area contributed by atoms with E-state index in [0.717, 1.165) is 43.9 Å². The molecule has 4 aromatic carbocycles. The van der Waals surface area contributed by atoms with Crippen molar-refractivity contribution in [1.82, 2.24) is 0 Å². The van der Waals surface area contributed by atoms with Gasteiger partial charge in [0.15, 0.2) is 0 Å². The predicted molar refractivity (Wildman–Crippen MR) is 171 cm³/mol. The van der Waals surface area contributed by atoms with Crippen LogP contribution in [0.25, 0.3) is 29.4 Å². The fourth-order valence-corrected chi connectivity index (χ4v) is 5.50. The van der Waals surface area contributed by atoms with Crippen molar-refractivity contribution in [3.05, 3.63) is 124 Å². The molecule has 0 N–H and O–H groups in total. The average Bonchev–Trinajstić information content (AvgIpc) is 3.25. The van der Waals surface area contributed by atoms with E-state index in [1.807, 2.05) is 79.7 Å². The highest BCUT2D eigenvalue weighted by molar-refractivity contribution is 7.84. The molecule has 0 fully saturated rings. The number of allylic oxidation sites excluding steroid dienone is 2. The summed E-state index contributed by atoms with van der Waals surface area (Å²) in [6, 6.07) is 24.9. The van der Waals surface area contributed by atoms with E-state index in [1.165, 1.54) is 12.1 Å². The summed E-state index contributed by atoms with van der Waals surface area (Å²) in [4.78, 5) is 13.8. The van der Waals surface area contributed by atoms with Gasteiger partial charge in [0.2, 0.25) is 0 Å². The predicted octanol–water partition coefficient (Wildman–Crippen LogP) is 8.07. The van der Waals surface area contributed by atoms with Gasteiger partial charge in [0, 0.05) is 28.0 Å². The van der Waals surface area contributed by atoms with E-state index in [9.17, 15) is 13.4 Å². The van der Waals surface area contributed by atoms with E-state index in [2.05, 4.69) is 0 Å². The van der Waals surface area contributed by atoms with Crippen LogP contribution in [0.1, 0.15) is 41.2 Å². The molecule has 5 rings (SSSR count). The van der Waals surface area contributed by atoms with Gasteiger partial charge in [0.05, 0.1) is 20.6 Å². The Hall–Kier alpha value is -4.75. The van der Waals surface area contributed by atoms with Crippen molar-refractivity contribution in [2.24, 2.45) is 0 Å². The van der Waals surface area contributed by atoms with Crippen molar-refractivity contribution in [3.8, 4) is 17.2 Å². The van der Waals surface area contributed by atoms with Crippen LogP contribution < -0.4 is 14.2 Å². The number of rotatable bonds is 9. The molecule has 0 radical (unpaired) electrons. The quantitative estimate of drug-likeness (QED) is 0.111. The number of hydrogen-bond donors (Lipinski definition) is 0. The number of esters is 1. The first kappa shape index (κ1) is 29.7. The number of carbonyl (C=O) groups excluding carboxylic acids is 1. The standard InChI is InChI=1S/C36H31FO5S/c1-23-33(19-25-9-14-31(15-10-25)43(4)39)32-16-11-27(37)20-35(32)34(23)22-36(38)42-28-12-7-24(8-13-28)5-6-26-17-29(40-2)21-30(18-26)41-3/h5-21H,22H2,1-4H3. The Labute approximate surface area is 253 Å². The topological polar surface area (TPSA) is 61.8 Å². The summed E-state index contributed by atoms with van der Waals surface area (Å²) < 4.78 is 42.4. The number of carbonyl (C=O) groups is 1. The van der Waals surface area contributed by atoms with Gasteiger partial charge >= 0.3 is 5.97 Å². The lowest BCUT2D eigenvalue weighted by Crippen LogP contribution is -2.08. The lowest BCUT2D eigenvalue weighted by molar-refractivity contribution is -0.133. The summed E-state index contributed by atoms with van der Waals surface area (Å²) in [6.45, 7) is 1.93. The van der Waals surface area contributed by atoms with Crippen LogP contribution in [0.15, 0.2) is 95.4 Å². The summed E-state index contributed by atoms with van der Waals surface area (Å²) in [6.07, 6.45) is 7.52. The number of hydrogen-bond acceptors (Lipinski definition) is 5. The molecule has 4 aromatic rings. The van der Waals surface area contributed by atoms with E-state index in [1.54, 1.807) is 38.7 Å². The summed E-state index contributed by atoms with van der Waals surface area (Å²) in [5.74, 6) is 1.01. The normalized spacial score (nSPS) is 14.2. The summed E-state index contributed by atoms with van der Waals surface area (Å²) in [5.41, 5.74) is 6.83. The van der Waals surface area contributed by atoms with Crippen molar-refractivity contribution < 1.29 is 27.6 Å². The van der Waals surface area contributed by atoms with Crippen LogP contribution in [0.5, 0.6) is 17.2 Å². The molecule has 5 nitrogen and oxygen atoms in total. The van der Waals surface area contributed by atoms with Crippen LogP contribution >= 0.6 is 0 Å². The third-order valence-corrected chi connectivity index (χ3v) is 8.19. The van der Waals surface area contributed by atoms with Crippen molar-refractivity contribution >= 4 is 46.1 Å². The summed E-state index contributed by atoms with van der Waals surface area (Å²) in [7, 11) is 2.15. The highest BCUT2D eigenvalue weighted by Crippen LogP contribution is 2.44. The van der Waals surface area contributed by atoms with Gasteiger partial charge in [-0.1, -0.05) is 42.5 Å². The third-order valence-electron chi connectivity index (χ3n) is 7.25. The van der Waals surface area contributed by atoms with Gasteiger partial charge in [-0.25, -0.2) is 4.39 Å². The molecule has 0 heterocycles. The van der Waals surface area contributed by atoms with Gasteiger partial charge in [0.1, 0.15) is 23.1 Å². The zero-order valence-corrected chi connectivity index (χ0v) is 25.2. The second kappa shape index (κ2) is 13.0. The molecule has 0 amide bonds. The summed E-state index contributed by atoms with van der Waals surface area (Å²) >= 11 is 0. The fraction of sp³-hybridized carbons (Fsp3) is 0.139. The SMILES string of the molecule is COc1cc(C=Cc2ccc(OC(=O)CC3=C(C)C(=Cc4ccc(S(C)=O)cc4)c4ccc(F)cc43)cc2)cc(OC)c1. The zero-order chi connectivity index (χ0) is 30.5. The van der Waals surface area contributed by atoms with Crippen LogP contribution in [-0.2, 0) is 15.6 Å². The maximum atomic E-state index is 14.3. The maximum Gasteiger partial charge on any atom is 0.315 e. The Bertz CT molecular complexity index is 1760. The highest BCUT2D eigenvalue weighted by Gasteiger charge is 2.26. The Morgan fingerprint density at radius 3 is 2.02 bits per heavy atom. The average molecular weight is 595 g/mol. The first-order valence-corrected chi connectivity index (χ1v) is 15.2. The van der Waals surface area contributed by atoms with Crippen molar-refractivity contribution in [2.75, 3.05) is 20.5 Å². The van der Waals surface area contributed by atoms with Gasteiger partial charge in [0.25, 0.3) is 0 Å². The Balaban J connectivity index is 1.32. The molecule has 1 atom stereocenters. The van der Waals surface area contributed by atoms with Crippen LogP contribution in [0.4, 0.5) is 4.39 Å². The third kappa shape index (κ3) is 7.01. The molecule has 0 spiro atoms. The molecule has 1 aliphatic rings. The highest BCUT2D eigenvalue weighted by atomic mass is 32.2. The molecule has 0 aromatic heterocycles. The summed E-state index contributed by atoms with van der Waals surface area (Å²) in [5, 5.41) is 0. The first-order valence-electron chi connectivity index (χ1n) is 13.6. The molecule has 218 valence electrons. The van der Waals surface area contributed by atoms with E-state index in [4.69, 9.17) is 14.2 Å². The molecule has 1 unspecified atom stereocenters.